The molecule has 1 aromatic carbocycles. The Hall–Kier alpha value is 0.110. The third kappa shape index (κ3) is 4.06. The van der Waals surface area contributed by atoms with E-state index in [0.717, 1.165) is 20.7 Å². The Kier molecular flexibility index (Phi) is 5.68. The smallest absolute Gasteiger partial charge is 0.0542 e. The zero-order valence-electron chi connectivity index (χ0n) is 10.4. The molecule has 0 saturated heterocycles. The third-order valence-electron chi connectivity index (χ3n) is 3.58. The van der Waals surface area contributed by atoms with Crippen LogP contribution in [-0.2, 0) is 0 Å². The van der Waals surface area contributed by atoms with Crippen molar-refractivity contribution in [3.8, 4) is 0 Å². The van der Waals surface area contributed by atoms with Crippen molar-refractivity contribution in [1.29, 1.82) is 0 Å². The summed E-state index contributed by atoms with van der Waals surface area (Å²) in [5.74, 6) is 1.61. The average Bonchev–Trinajstić information content (AvgIpc) is 2.40. The molecule has 1 atom stereocenters. The van der Waals surface area contributed by atoms with Gasteiger partial charge >= 0.3 is 0 Å². The molecule has 1 aliphatic rings. The molecule has 1 fully saturated rings. The maximum atomic E-state index is 6.29. The Morgan fingerprint density at radius 3 is 2.67 bits per heavy atom. The molecule has 1 aromatic rings. The van der Waals surface area contributed by atoms with Gasteiger partial charge < -0.3 is 5.73 Å². The molecule has 0 heterocycles. The molecule has 18 heavy (non-hydrogen) atoms. The summed E-state index contributed by atoms with van der Waals surface area (Å²) in [6, 6.07) is 5.85. The lowest BCUT2D eigenvalue weighted by atomic mass is 9.85. The number of nitrogens with two attached hydrogens (primary N) is 1. The van der Waals surface area contributed by atoms with Gasteiger partial charge in [0.25, 0.3) is 0 Å². The maximum absolute atomic E-state index is 6.29. The van der Waals surface area contributed by atoms with Crippen LogP contribution in [0.3, 0.4) is 0 Å². The van der Waals surface area contributed by atoms with Gasteiger partial charge in [0, 0.05) is 21.7 Å². The standard InChI is InChI=1S/C14H19Cl2NS/c15-11-6-7-12(16)14(8-11)18-9-13(17)10-4-2-1-3-5-10/h6-8,10,13H,1-5,9,17H2. The Morgan fingerprint density at radius 2 is 1.94 bits per heavy atom. The summed E-state index contributed by atoms with van der Waals surface area (Å²) in [5.41, 5.74) is 6.29. The number of hydrogen-bond donors (Lipinski definition) is 1. The highest BCUT2D eigenvalue weighted by molar-refractivity contribution is 7.99. The van der Waals surface area contributed by atoms with E-state index in [1.54, 1.807) is 11.8 Å². The van der Waals surface area contributed by atoms with Gasteiger partial charge in [-0.05, 0) is 37.0 Å². The van der Waals surface area contributed by atoms with E-state index >= 15 is 0 Å². The predicted molar refractivity (Wildman–Crippen MR) is 81.7 cm³/mol. The van der Waals surface area contributed by atoms with Gasteiger partial charge in [0.05, 0.1) is 5.02 Å². The summed E-state index contributed by atoms with van der Waals surface area (Å²) in [6.07, 6.45) is 6.61. The van der Waals surface area contributed by atoms with Crippen LogP contribution >= 0.6 is 35.0 Å². The highest BCUT2D eigenvalue weighted by Crippen LogP contribution is 2.33. The summed E-state index contributed by atoms with van der Waals surface area (Å²) in [7, 11) is 0. The first-order chi connectivity index (χ1) is 8.66. The Morgan fingerprint density at radius 1 is 1.22 bits per heavy atom. The second-order valence-corrected chi connectivity index (χ2v) is 6.85. The van der Waals surface area contributed by atoms with Crippen LogP contribution in [0.2, 0.25) is 10.0 Å². The fourth-order valence-electron chi connectivity index (χ4n) is 2.47. The first-order valence-electron chi connectivity index (χ1n) is 6.50. The molecule has 0 aromatic heterocycles. The second-order valence-electron chi connectivity index (χ2n) is 4.95. The molecular weight excluding hydrogens is 285 g/mol. The van der Waals surface area contributed by atoms with Crippen molar-refractivity contribution in [2.75, 3.05) is 5.75 Å². The highest BCUT2D eigenvalue weighted by atomic mass is 35.5. The molecule has 1 nitrogen and oxygen atoms in total. The molecule has 1 aliphatic carbocycles. The summed E-state index contributed by atoms with van der Waals surface area (Å²) in [6.45, 7) is 0. The summed E-state index contributed by atoms with van der Waals surface area (Å²) >= 11 is 13.8. The van der Waals surface area contributed by atoms with Crippen molar-refractivity contribution < 1.29 is 0 Å². The van der Waals surface area contributed by atoms with Gasteiger partial charge in [-0.15, -0.1) is 11.8 Å². The largest absolute Gasteiger partial charge is 0.327 e. The molecule has 2 N–H and O–H groups in total. The lowest BCUT2D eigenvalue weighted by molar-refractivity contribution is 0.319. The Labute approximate surface area is 123 Å². The molecule has 2 rings (SSSR count). The molecule has 1 saturated carbocycles. The molecule has 0 radical (unpaired) electrons. The van der Waals surface area contributed by atoms with Crippen LogP contribution in [0.5, 0.6) is 0 Å². The summed E-state index contributed by atoms with van der Waals surface area (Å²) in [4.78, 5) is 1.04. The van der Waals surface area contributed by atoms with Gasteiger partial charge in [0.15, 0.2) is 0 Å². The molecule has 0 bridgehead atoms. The van der Waals surface area contributed by atoms with Crippen LogP contribution in [-0.4, -0.2) is 11.8 Å². The van der Waals surface area contributed by atoms with Crippen LogP contribution < -0.4 is 5.73 Å². The van der Waals surface area contributed by atoms with Crippen molar-refractivity contribution in [1.82, 2.24) is 0 Å². The van der Waals surface area contributed by atoms with E-state index in [2.05, 4.69) is 0 Å². The summed E-state index contributed by atoms with van der Waals surface area (Å²) in [5, 5.41) is 1.49. The van der Waals surface area contributed by atoms with Gasteiger partial charge in [-0.1, -0.05) is 42.5 Å². The highest BCUT2D eigenvalue weighted by Gasteiger charge is 2.20. The van der Waals surface area contributed by atoms with Crippen LogP contribution in [0.4, 0.5) is 0 Å². The van der Waals surface area contributed by atoms with E-state index in [9.17, 15) is 0 Å². The topological polar surface area (TPSA) is 26.0 Å². The van der Waals surface area contributed by atoms with Gasteiger partial charge in [0.1, 0.15) is 0 Å². The maximum Gasteiger partial charge on any atom is 0.0542 e. The summed E-state index contributed by atoms with van der Waals surface area (Å²) < 4.78 is 0. The zero-order valence-corrected chi connectivity index (χ0v) is 12.7. The molecule has 1 unspecified atom stereocenters. The minimum absolute atomic E-state index is 0.269. The van der Waals surface area contributed by atoms with Gasteiger partial charge in [-0.25, -0.2) is 0 Å². The van der Waals surface area contributed by atoms with Crippen molar-refractivity contribution in [2.24, 2.45) is 11.7 Å². The molecule has 0 amide bonds. The molecule has 4 heteroatoms. The van der Waals surface area contributed by atoms with Crippen LogP contribution in [0.25, 0.3) is 0 Å². The van der Waals surface area contributed by atoms with E-state index in [4.69, 9.17) is 28.9 Å². The number of benzene rings is 1. The van der Waals surface area contributed by atoms with Crippen LogP contribution in [0.15, 0.2) is 23.1 Å². The van der Waals surface area contributed by atoms with Crippen molar-refractivity contribution in [2.45, 2.75) is 43.0 Å². The van der Waals surface area contributed by atoms with E-state index in [1.165, 1.54) is 32.1 Å². The number of rotatable bonds is 4. The normalized spacial score (nSPS) is 18.8. The van der Waals surface area contributed by atoms with E-state index < -0.39 is 0 Å². The quantitative estimate of drug-likeness (QED) is 0.793. The third-order valence-corrected chi connectivity index (χ3v) is 5.46. The minimum atomic E-state index is 0.269. The monoisotopic (exact) mass is 303 g/mol. The fraction of sp³-hybridized carbons (Fsp3) is 0.571. The van der Waals surface area contributed by atoms with Gasteiger partial charge in [-0.3, -0.25) is 0 Å². The number of thioether (sulfide) groups is 1. The predicted octanol–water partition coefficient (Wildman–Crippen LogP) is 4.99. The van der Waals surface area contributed by atoms with Gasteiger partial charge in [-0.2, -0.15) is 0 Å². The van der Waals surface area contributed by atoms with Crippen molar-refractivity contribution in [3.63, 3.8) is 0 Å². The Balaban J connectivity index is 1.88. The van der Waals surface area contributed by atoms with Crippen molar-refractivity contribution in [3.05, 3.63) is 28.2 Å². The molecular formula is C14H19Cl2NS. The molecule has 0 spiro atoms. The second kappa shape index (κ2) is 7.04. The molecule has 0 aliphatic heterocycles. The first kappa shape index (κ1) is 14.5. The van der Waals surface area contributed by atoms with Crippen LogP contribution in [0, 0.1) is 5.92 Å². The first-order valence-corrected chi connectivity index (χ1v) is 8.24. The fourth-order valence-corrected chi connectivity index (χ4v) is 4.05. The average molecular weight is 304 g/mol. The molecule has 100 valence electrons. The van der Waals surface area contributed by atoms with Gasteiger partial charge in [0.2, 0.25) is 0 Å². The lowest BCUT2D eigenvalue weighted by Crippen LogP contribution is -2.33. The minimum Gasteiger partial charge on any atom is -0.327 e. The van der Waals surface area contributed by atoms with Crippen molar-refractivity contribution >= 4 is 35.0 Å². The van der Waals surface area contributed by atoms with E-state index in [0.29, 0.717) is 5.92 Å². The zero-order chi connectivity index (χ0) is 13.0. The number of hydrogen-bond acceptors (Lipinski definition) is 2. The number of halogens is 2. The Bertz CT molecular complexity index is 391. The van der Waals surface area contributed by atoms with Crippen LogP contribution in [0.1, 0.15) is 32.1 Å². The SMILES string of the molecule is NC(CSc1cc(Cl)ccc1Cl)C1CCCCC1. The van der Waals surface area contributed by atoms with E-state index in [-0.39, 0.29) is 6.04 Å². The lowest BCUT2D eigenvalue weighted by Gasteiger charge is -2.27. The van der Waals surface area contributed by atoms with E-state index in [1.807, 2.05) is 18.2 Å².